The average Bonchev–Trinajstić information content (AvgIpc) is 2.78. The maximum atomic E-state index is 13.2. The minimum Gasteiger partial charge on any atom is -0.475 e. The van der Waals surface area contributed by atoms with Gasteiger partial charge in [-0.05, 0) is 0 Å². The van der Waals surface area contributed by atoms with Crippen molar-refractivity contribution in [2.75, 3.05) is 36.9 Å². The first-order valence-electron chi connectivity index (χ1n) is 9.20. The molecule has 3 heterocycles. The van der Waals surface area contributed by atoms with Crippen molar-refractivity contribution in [3.63, 3.8) is 0 Å². The van der Waals surface area contributed by atoms with Crippen LogP contribution < -0.4 is 16.0 Å². The zero-order valence-electron chi connectivity index (χ0n) is 16.9. The molecule has 34 heavy (non-hydrogen) atoms. The van der Waals surface area contributed by atoms with Crippen molar-refractivity contribution >= 4 is 23.3 Å². The number of carbonyl (C=O) groups is 1. The number of carboxylic acids is 1. The van der Waals surface area contributed by atoms with Gasteiger partial charge in [0.2, 0.25) is 0 Å². The number of nitriles is 1. The summed E-state index contributed by atoms with van der Waals surface area (Å²) in [6.07, 6.45) is -7.50. The van der Waals surface area contributed by atoms with Crippen LogP contribution in [-0.2, 0) is 15.7 Å². The highest BCUT2D eigenvalue weighted by Gasteiger charge is 2.38. The number of rotatable bonds is 5. The van der Waals surface area contributed by atoms with E-state index in [4.69, 9.17) is 19.9 Å². The van der Waals surface area contributed by atoms with Crippen LogP contribution in [-0.4, -0.2) is 69.8 Å². The van der Waals surface area contributed by atoms with Crippen LogP contribution in [0.1, 0.15) is 11.4 Å². The second kappa shape index (κ2) is 11.4. The highest BCUT2D eigenvalue weighted by molar-refractivity contribution is 5.73. The van der Waals surface area contributed by atoms with Gasteiger partial charge in [-0.1, -0.05) is 0 Å². The van der Waals surface area contributed by atoms with E-state index in [-0.39, 0.29) is 35.7 Å². The van der Waals surface area contributed by atoms with Crippen LogP contribution in [0.3, 0.4) is 0 Å². The molecule has 2 aromatic rings. The van der Waals surface area contributed by atoms with Crippen LogP contribution in [0, 0.1) is 11.3 Å². The molecule has 0 bridgehead atoms. The molecule has 1 aliphatic heterocycles. The molecule has 3 rings (SSSR count). The van der Waals surface area contributed by atoms with E-state index in [9.17, 15) is 26.3 Å². The molecule has 17 heteroatoms. The summed E-state index contributed by atoms with van der Waals surface area (Å²) in [5, 5.41) is 31.2. The maximum absolute atomic E-state index is 13.2. The Kier molecular flexibility index (Phi) is 8.86. The summed E-state index contributed by atoms with van der Waals surface area (Å²) >= 11 is 0. The van der Waals surface area contributed by atoms with Crippen LogP contribution in [0.5, 0.6) is 0 Å². The van der Waals surface area contributed by atoms with Gasteiger partial charge < -0.3 is 25.8 Å². The van der Waals surface area contributed by atoms with Crippen molar-refractivity contribution in [2.45, 2.75) is 18.5 Å². The fraction of sp³-hybridized carbons (Fsp3) is 0.412. The van der Waals surface area contributed by atoms with E-state index in [1.807, 2.05) is 6.07 Å². The Morgan fingerprint density at radius 2 is 1.91 bits per heavy atom. The monoisotopic (exact) mass is 494 g/mol. The van der Waals surface area contributed by atoms with Crippen molar-refractivity contribution in [3.05, 3.63) is 29.8 Å². The molecule has 0 saturated carbocycles. The summed E-state index contributed by atoms with van der Waals surface area (Å²) in [5.74, 6) is -2.49. The van der Waals surface area contributed by atoms with Gasteiger partial charge in [-0.15, -0.1) is 10.2 Å². The molecule has 1 fully saturated rings. The highest BCUT2D eigenvalue weighted by Crippen LogP contribution is 2.34. The molecule has 0 aromatic carbocycles. The number of hydrogen-bond acceptors (Lipinski definition) is 10. The van der Waals surface area contributed by atoms with Gasteiger partial charge in [-0.25, -0.2) is 14.8 Å². The fourth-order valence-corrected chi connectivity index (χ4v) is 2.35. The predicted octanol–water partition coefficient (Wildman–Crippen LogP) is 1.93. The molecule has 11 nitrogen and oxygen atoms in total. The predicted molar refractivity (Wildman–Crippen MR) is 102 cm³/mol. The molecule has 0 aliphatic carbocycles. The summed E-state index contributed by atoms with van der Waals surface area (Å²) in [5.41, 5.74) is -1.24. The third kappa shape index (κ3) is 8.29. The number of ether oxygens (including phenoxy) is 1. The first-order valence-corrected chi connectivity index (χ1v) is 9.20. The molecule has 184 valence electrons. The zero-order chi connectivity index (χ0) is 25.4. The standard InChI is InChI=1S/C15H15F3N8O.C2HF3O2/c16-15(17,18)14-11(22-7-10-6-20-1-2-27-10)3-12(25-26-14)24-13-8-21-9(4-19)5-23-13;3-2(4,5)1(6)7/h3,5,8,10,20H,1-2,6-7H2,(H2,22,23,24,25);(H,6,7). The van der Waals surface area contributed by atoms with Gasteiger partial charge >= 0.3 is 18.3 Å². The number of carboxylic acid groups (broad SMARTS) is 1. The molecule has 0 spiro atoms. The molecule has 1 saturated heterocycles. The number of alkyl halides is 6. The lowest BCUT2D eigenvalue weighted by Crippen LogP contribution is -2.42. The normalized spacial score (nSPS) is 16.0. The quantitative estimate of drug-likeness (QED) is 0.450. The minimum absolute atomic E-state index is 0.0483. The molecule has 1 unspecified atom stereocenters. The van der Waals surface area contributed by atoms with E-state index in [1.165, 1.54) is 18.5 Å². The van der Waals surface area contributed by atoms with Crippen molar-refractivity contribution in [3.8, 4) is 6.07 Å². The molecule has 1 aliphatic rings. The summed E-state index contributed by atoms with van der Waals surface area (Å²) in [4.78, 5) is 16.6. The molecular weight excluding hydrogens is 478 g/mol. The maximum Gasteiger partial charge on any atom is 0.490 e. The fourth-order valence-electron chi connectivity index (χ4n) is 2.35. The number of aliphatic carboxylic acids is 1. The largest absolute Gasteiger partial charge is 0.490 e. The topological polar surface area (TPSA) is 158 Å². The smallest absolute Gasteiger partial charge is 0.475 e. The van der Waals surface area contributed by atoms with Crippen LogP contribution in [0.4, 0.5) is 43.7 Å². The molecule has 0 amide bonds. The Morgan fingerprint density at radius 3 is 2.41 bits per heavy atom. The molecule has 2 aromatic heterocycles. The van der Waals surface area contributed by atoms with Crippen LogP contribution in [0.2, 0.25) is 0 Å². The number of nitrogens with one attached hydrogen (secondary N) is 3. The van der Waals surface area contributed by atoms with Gasteiger partial charge in [0.1, 0.15) is 11.9 Å². The first kappa shape index (κ1) is 26.5. The van der Waals surface area contributed by atoms with E-state index in [2.05, 4.69) is 36.1 Å². The Labute approximate surface area is 187 Å². The van der Waals surface area contributed by atoms with E-state index >= 15 is 0 Å². The first-order chi connectivity index (χ1) is 15.9. The van der Waals surface area contributed by atoms with Gasteiger partial charge in [0.05, 0.1) is 30.8 Å². The second-order valence-electron chi connectivity index (χ2n) is 6.39. The van der Waals surface area contributed by atoms with E-state index in [0.29, 0.717) is 19.7 Å². The number of aromatic nitrogens is 4. The second-order valence-corrected chi connectivity index (χ2v) is 6.39. The van der Waals surface area contributed by atoms with E-state index < -0.39 is 24.0 Å². The van der Waals surface area contributed by atoms with Gasteiger partial charge in [-0.2, -0.15) is 31.6 Å². The number of halogens is 6. The van der Waals surface area contributed by atoms with E-state index in [0.717, 1.165) is 0 Å². The average molecular weight is 494 g/mol. The summed E-state index contributed by atoms with van der Waals surface area (Å²) in [7, 11) is 0. The Hall–Kier alpha value is -3.78. The number of nitrogens with zero attached hydrogens (tertiary/aromatic N) is 5. The van der Waals surface area contributed by atoms with Crippen molar-refractivity contribution < 1.29 is 41.0 Å². The summed E-state index contributed by atoms with van der Waals surface area (Å²) < 4.78 is 76.8. The summed E-state index contributed by atoms with van der Waals surface area (Å²) in [6, 6.07) is 3.00. The lowest BCUT2D eigenvalue weighted by atomic mass is 10.2. The van der Waals surface area contributed by atoms with Gasteiger partial charge in [0.15, 0.2) is 17.2 Å². The molecule has 0 radical (unpaired) electrons. The lowest BCUT2D eigenvalue weighted by Gasteiger charge is -2.24. The van der Waals surface area contributed by atoms with Crippen LogP contribution in [0.15, 0.2) is 18.5 Å². The highest BCUT2D eigenvalue weighted by atomic mass is 19.4. The van der Waals surface area contributed by atoms with E-state index in [1.54, 1.807) is 0 Å². The van der Waals surface area contributed by atoms with Crippen molar-refractivity contribution in [1.29, 1.82) is 5.26 Å². The van der Waals surface area contributed by atoms with Crippen molar-refractivity contribution in [1.82, 2.24) is 25.5 Å². The summed E-state index contributed by atoms with van der Waals surface area (Å²) in [6.45, 7) is 1.93. The third-order valence-corrected chi connectivity index (χ3v) is 3.85. The van der Waals surface area contributed by atoms with Gasteiger partial charge in [0, 0.05) is 25.7 Å². The number of anilines is 3. The number of morpholine rings is 1. The number of hydrogen-bond donors (Lipinski definition) is 4. The Bertz CT molecular complexity index is 1000. The Morgan fingerprint density at radius 1 is 1.21 bits per heavy atom. The van der Waals surface area contributed by atoms with Crippen molar-refractivity contribution in [2.24, 2.45) is 0 Å². The minimum atomic E-state index is -5.08. The molecule has 4 N–H and O–H groups in total. The third-order valence-electron chi connectivity index (χ3n) is 3.85. The van der Waals surface area contributed by atoms with Crippen LogP contribution in [0.25, 0.3) is 0 Å². The molecular formula is C17H16F6N8O3. The molecule has 1 atom stereocenters. The zero-order valence-corrected chi connectivity index (χ0v) is 16.9. The van der Waals surface area contributed by atoms with Gasteiger partial charge in [-0.3, -0.25) is 0 Å². The van der Waals surface area contributed by atoms with Crippen LogP contribution >= 0.6 is 0 Å². The SMILES string of the molecule is N#Cc1cnc(Nc2cc(NCC3CNCCO3)c(C(F)(F)F)nn2)cn1.O=C(O)C(F)(F)F. The van der Waals surface area contributed by atoms with Gasteiger partial charge in [0.25, 0.3) is 0 Å². The lowest BCUT2D eigenvalue weighted by molar-refractivity contribution is -0.192. The Balaban J connectivity index is 0.000000509.